The number of benzene rings is 1. The Balaban J connectivity index is 1.82. The van der Waals surface area contributed by atoms with Gasteiger partial charge in [-0.1, -0.05) is 30.3 Å². The van der Waals surface area contributed by atoms with Crippen molar-refractivity contribution in [1.82, 2.24) is 0 Å². The normalized spacial score (nSPS) is 18.7. The molecule has 2 heterocycles. The molecule has 90 valence electrons. The first-order valence-electron chi connectivity index (χ1n) is 6.11. The molecule has 3 heteroatoms. The number of hydrogen-bond acceptors (Lipinski definition) is 2. The molecule has 0 saturated carbocycles. The van der Waals surface area contributed by atoms with Crippen LogP contribution in [-0.2, 0) is 0 Å². The Morgan fingerprint density at radius 2 is 1.83 bits per heavy atom. The van der Waals surface area contributed by atoms with Gasteiger partial charge in [-0.2, -0.15) is 4.73 Å². The highest BCUT2D eigenvalue weighted by Gasteiger charge is 2.25. The van der Waals surface area contributed by atoms with Crippen molar-refractivity contribution in [3.05, 3.63) is 71.2 Å². The molecule has 0 N–H and O–H groups in total. The van der Waals surface area contributed by atoms with E-state index >= 15 is 0 Å². The third kappa shape index (κ3) is 1.99. The van der Waals surface area contributed by atoms with Gasteiger partial charge in [0.2, 0.25) is 5.69 Å². The second-order valence-corrected chi connectivity index (χ2v) is 4.51. The molecule has 0 bridgehead atoms. The van der Waals surface area contributed by atoms with Crippen molar-refractivity contribution in [1.29, 1.82) is 0 Å². The van der Waals surface area contributed by atoms with Crippen molar-refractivity contribution in [2.75, 3.05) is 6.54 Å². The molecule has 0 saturated heterocycles. The van der Waals surface area contributed by atoms with E-state index in [4.69, 9.17) is 0 Å². The van der Waals surface area contributed by atoms with Crippen LogP contribution >= 0.6 is 0 Å². The Hall–Kier alpha value is -2.16. The van der Waals surface area contributed by atoms with Gasteiger partial charge in [-0.15, -0.1) is 0 Å². The van der Waals surface area contributed by atoms with Crippen molar-refractivity contribution in [3.63, 3.8) is 0 Å². The molecular formula is C15H14N2O. The Labute approximate surface area is 106 Å². The van der Waals surface area contributed by atoms with Crippen LogP contribution in [0.2, 0.25) is 0 Å². The van der Waals surface area contributed by atoms with Crippen LogP contribution < -0.4 is 4.73 Å². The number of hydrogen-bond donors (Lipinski definition) is 0. The maximum Gasteiger partial charge on any atom is 0.237 e. The van der Waals surface area contributed by atoms with Gasteiger partial charge in [0.1, 0.15) is 5.71 Å². The summed E-state index contributed by atoms with van der Waals surface area (Å²) in [5.41, 5.74) is 2.89. The summed E-state index contributed by atoms with van der Waals surface area (Å²) >= 11 is 0. The molecule has 3 nitrogen and oxygen atoms in total. The number of nitrogens with zero attached hydrogens (tertiary/aromatic N) is 2. The average Bonchev–Trinajstić information content (AvgIpc) is 2.90. The maximum absolute atomic E-state index is 11.7. The van der Waals surface area contributed by atoms with E-state index in [1.54, 1.807) is 6.07 Å². The first kappa shape index (κ1) is 11.0. The standard InChI is InChI=1S/C15H14N2O/c18-17-9-5-4-8-15(17)14-10-13(11-16-14)12-6-2-1-3-7-12/h1-9,13H,10-11H2/t13-/m0/s1. The highest BCUT2D eigenvalue weighted by atomic mass is 16.5. The summed E-state index contributed by atoms with van der Waals surface area (Å²) in [7, 11) is 0. The molecule has 18 heavy (non-hydrogen) atoms. The predicted molar refractivity (Wildman–Crippen MR) is 70.6 cm³/mol. The van der Waals surface area contributed by atoms with Crippen LogP contribution in [0.15, 0.2) is 59.7 Å². The number of aliphatic imine (C=N–C) groups is 1. The third-order valence-corrected chi connectivity index (χ3v) is 3.33. The minimum absolute atomic E-state index is 0.404. The van der Waals surface area contributed by atoms with Gasteiger partial charge in [0, 0.05) is 31.0 Å². The lowest BCUT2D eigenvalue weighted by atomic mass is 9.95. The van der Waals surface area contributed by atoms with Crippen LogP contribution in [-0.4, -0.2) is 12.3 Å². The minimum atomic E-state index is 0.404. The van der Waals surface area contributed by atoms with E-state index in [-0.39, 0.29) is 0 Å². The SMILES string of the molecule is [O-][n+]1ccccc1C1=NC[C@@H](c2ccccc2)C1. The van der Waals surface area contributed by atoms with E-state index in [0.717, 1.165) is 23.4 Å². The zero-order valence-electron chi connectivity index (χ0n) is 9.99. The number of aromatic nitrogens is 1. The second-order valence-electron chi connectivity index (χ2n) is 4.51. The van der Waals surface area contributed by atoms with Crippen molar-refractivity contribution in [2.24, 2.45) is 4.99 Å². The summed E-state index contributed by atoms with van der Waals surface area (Å²) < 4.78 is 0.895. The minimum Gasteiger partial charge on any atom is -0.618 e. The molecule has 0 radical (unpaired) electrons. The summed E-state index contributed by atoms with van der Waals surface area (Å²) in [6, 6.07) is 15.8. The van der Waals surface area contributed by atoms with Crippen molar-refractivity contribution in [2.45, 2.75) is 12.3 Å². The van der Waals surface area contributed by atoms with E-state index in [1.165, 1.54) is 11.8 Å². The van der Waals surface area contributed by atoms with E-state index in [0.29, 0.717) is 11.6 Å². The van der Waals surface area contributed by atoms with Crippen molar-refractivity contribution >= 4 is 5.71 Å². The Morgan fingerprint density at radius 1 is 1.06 bits per heavy atom. The van der Waals surface area contributed by atoms with E-state index < -0.39 is 0 Å². The fourth-order valence-electron chi connectivity index (χ4n) is 2.37. The highest BCUT2D eigenvalue weighted by Crippen LogP contribution is 2.26. The van der Waals surface area contributed by atoms with Gasteiger partial charge in [-0.3, -0.25) is 4.99 Å². The zero-order chi connectivity index (χ0) is 12.4. The summed E-state index contributed by atoms with van der Waals surface area (Å²) in [6.07, 6.45) is 2.37. The Bertz CT molecular complexity index is 578. The first-order valence-corrected chi connectivity index (χ1v) is 6.11. The van der Waals surface area contributed by atoms with Gasteiger partial charge in [-0.05, 0) is 11.6 Å². The highest BCUT2D eigenvalue weighted by molar-refractivity contribution is 5.99. The molecule has 1 aliphatic heterocycles. The van der Waals surface area contributed by atoms with Crippen molar-refractivity contribution < 1.29 is 4.73 Å². The van der Waals surface area contributed by atoms with E-state index in [1.807, 2.05) is 30.3 Å². The Kier molecular flexibility index (Phi) is 2.81. The quantitative estimate of drug-likeness (QED) is 0.584. The Morgan fingerprint density at radius 3 is 2.61 bits per heavy atom. The van der Waals surface area contributed by atoms with E-state index in [9.17, 15) is 5.21 Å². The molecule has 0 amide bonds. The lowest BCUT2D eigenvalue weighted by Crippen LogP contribution is -2.33. The lowest BCUT2D eigenvalue weighted by Gasteiger charge is -2.08. The summed E-state index contributed by atoms with van der Waals surface area (Å²) in [4.78, 5) is 4.52. The van der Waals surface area contributed by atoms with E-state index in [2.05, 4.69) is 17.1 Å². The van der Waals surface area contributed by atoms with Crippen LogP contribution in [0, 0.1) is 5.21 Å². The fourth-order valence-corrected chi connectivity index (χ4v) is 2.37. The van der Waals surface area contributed by atoms with Gasteiger partial charge in [0.15, 0.2) is 6.20 Å². The molecule has 0 unspecified atom stereocenters. The molecule has 1 aromatic heterocycles. The molecule has 0 fully saturated rings. The molecule has 1 aromatic carbocycles. The smallest absolute Gasteiger partial charge is 0.237 e. The molecule has 2 aromatic rings. The molecular weight excluding hydrogens is 224 g/mol. The van der Waals surface area contributed by atoms with Crippen LogP contribution in [0.25, 0.3) is 0 Å². The van der Waals surface area contributed by atoms with Gasteiger partial charge in [-0.25, -0.2) is 0 Å². The summed E-state index contributed by atoms with van der Waals surface area (Å²) in [6.45, 7) is 0.772. The molecule has 1 aliphatic rings. The molecule has 1 atom stereocenters. The number of rotatable bonds is 2. The van der Waals surface area contributed by atoms with Gasteiger partial charge < -0.3 is 5.21 Å². The molecule has 0 aliphatic carbocycles. The van der Waals surface area contributed by atoms with Crippen LogP contribution in [0.4, 0.5) is 0 Å². The zero-order valence-corrected chi connectivity index (χ0v) is 9.99. The number of pyridine rings is 1. The molecule has 3 rings (SSSR count). The third-order valence-electron chi connectivity index (χ3n) is 3.33. The van der Waals surface area contributed by atoms with Gasteiger partial charge in [0.05, 0.1) is 0 Å². The van der Waals surface area contributed by atoms with Gasteiger partial charge in [0.25, 0.3) is 0 Å². The second kappa shape index (κ2) is 4.61. The van der Waals surface area contributed by atoms with Crippen molar-refractivity contribution in [3.8, 4) is 0 Å². The van der Waals surface area contributed by atoms with Crippen LogP contribution in [0.5, 0.6) is 0 Å². The van der Waals surface area contributed by atoms with Crippen LogP contribution in [0.1, 0.15) is 23.6 Å². The predicted octanol–water partition coefficient (Wildman–Crippen LogP) is 2.30. The van der Waals surface area contributed by atoms with Crippen LogP contribution in [0.3, 0.4) is 0 Å². The lowest BCUT2D eigenvalue weighted by molar-refractivity contribution is -0.606. The topological polar surface area (TPSA) is 39.3 Å². The monoisotopic (exact) mass is 238 g/mol. The largest absolute Gasteiger partial charge is 0.618 e. The summed E-state index contributed by atoms with van der Waals surface area (Å²) in [5.74, 6) is 0.404. The maximum atomic E-state index is 11.7. The molecule has 0 spiro atoms. The first-order chi connectivity index (χ1) is 8.84. The fraction of sp³-hybridized carbons (Fsp3) is 0.200. The van der Waals surface area contributed by atoms with Gasteiger partial charge >= 0.3 is 0 Å². The average molecular weight is 238 g/mol. The summed E-state index contributed by atoms with van der Waals surface area (Å²) in [5, 5.41) is 11.7.